The van der Waals surface area contributed by atoms with Crippen molar-refractivity contribution in [2.45, 2.75) is 30.3 Å². The summed E-state index contributed by atoms with van der Waals surface area (Å²) in [4.78, 5) is 6.79. The molecule has 0 spiro atoms. The molecule has 4 aromatic rings. The van der Waals surface area contributed by atoms with Gasteiger partial charge in [0.2, 0.25) is 5.82 Å². The van der Waals surface area contributed by atoms with Gasteiger partial charge in [-0.25, -0.2) is 4.98 Å². The third kappa shape index (κ3) is 3.76. The van der Waals surface area contributed by atoms with Crippen molar-refractivity contribution in [1.82, 2.24) is 34.4 Å². The smallest absolute Gasteiger partial charge is 0.202 e. The number of piperidine rings is 1. The predicted octanol–water partition coefficient (Wildman–Crippen LogP) is 3.84. The zero-order chi connectivity index (χ0) is 21.9. The van der Waals surface area contributed by atoms with Crippen LogP contribution in [0.3, 0.4) is 0 Å². The summed E-state index contributed by atoms with van der Waals surface area (Å²) in [6, 6.07) is 6.92. The van der Waals surface area contributed by atoms with E-state index in [1.54, 1.807) is 11.8 Å². The minimum Gasteiger partial charge on any atom is -0.440 e. The van der Waals surface area contributed by atoms with Crippen molar-refractivity contribution in [1.29, 1.82) is 0 Å². The van der Waals surface area contributed by atoms with E-state index in [1.807, 2.05) is 36.5 Å². The third-order valence-electron chi connectivity index (χ3n) is 7.17. The van der Waals surface area contributed by atoms with Gasteiger partial charge < -0.3 is 13.9 Å². The van der Waals surface area contributed by atoms with Gasteiger partial charge in [0.15, 0.2) is 17.3 Å². The van der Waals surface area contributed by atoms with E-state index in [0.29, 0.717) is 11.2 Å². The van der Waals surface area contributed by atoms with Crippen LogP contribution in [0.15, 0.2) is 40.4 Å². The number of hydrogen-bond donors (Lipinski definition) is 0. The molecular formula is C23H28ClN7OS. The van der Waals surface area contributed by atoms with Crippen LogP contribution >= 0.6 is 24.2 Å². The Morgan fingerprint density at radius 1 is 1.24 bits per heavy atom. The van der Waals surface area contributed by atoms with Crippen molar-refractivity contribution in [2.24, 2.45) is 20.0 Å². The quantitative estimate of drug-likeness (QED) is 0.290. The van der Waals surface area contributed by atoms with Gasteiger partial charge in [-0.2, -0.15) is 5.10 Å². The molecule has 6 rings (SSSR count). The van der Waals surface area contributed by atoms with E-state index in [9.17, 15) is 0 Å². The minimum absolute atomic E-state index is 0. The van der Waals surface area contributed by atoms with E-state index < -0.39 is 0 Å². The summed E-state index contributed by atoms with van der Waals surface area (Å²) in [7, 11) is 3.99. The molecule has 10 heteroatoms. The number of rotatable bonds is 7. The zero-order valence-corrected chi connectivity index (χ0v) is 20.7. The Kier molecular flexibility index (Phi) is 5.74. The van der Waals surface area contributed by atoms with E-state index in [-0.39, 0.29) is 12.4 Å². The highest BCUT2D eigenvalue weighted by molar-refractivity contribution is 7.99. The van der Waals surface area contributed by atoms with Crippen molar-refractivity contribution >= 4 is 35.1 Å². The molecule has 2 fully saturated rings. The molecule has 0 bridgehead atoms. The molecule has 1 aliphatic heterocycles. The molecule has 174 valence electrons. The average Bonchev–Trinajstić information content (AvgIpc) is 3.21. The van der Waals surface area contributed by atoms with Gasteiger partial charge in [0.25, 0.3) is 0 Å². The van der Waals surface area contributed by atoms with E-state index in [2.05, 4.69) is 43.4 Å². The minimum atomic E-state index is 0. The fourth-order valence-electron chi connectivity index (χ4n) is 5.28. The van der Waals surface area contributed by atoms with Crippen LogP contribution < -0.4 is 0 Å². The summed E-state index contributed by atoms with van der Waals surface area (Å²) in [6.45, 7) is 5.44. The Morgan fingerprint density at radius 2 is 2.12 bits per heavy atom. The van der Waals surface area contributed by atoms with Crippen molar-refractivity contribution in [3.05, 3.63) is 42.0 Å². The fourth-order valence-corrected chi connectivity index (χ4v) is 6.12. The number of nitrogens with zero attached hydrogens (tertiary/aromatic N) is 7. The number of aryl methyl sites for hydroxylation is 2. The normalized spacial score (nSPS) is 22.0. The van der Waals surface area contributed by atoms with Gasteiger partial charge in [-0.15, -0.1) is 22.6 Å². The number of hydrogen-bond acceptors (Lipinski definition) is 7. The van der Waals surface area contributed by atoms with E-state index >= 15 is 0 Å². The van der Waals surface area contributed by atoms with Crippen LogP contribution in [0.1, 0.15) is 24.1 Å². The molecule has 0 N–H and O–H groups in total. The molecule has 0 radical (unpaired) electrons. The Labute approximate surface area is 203 Å². The van der Waals surface area contributed by atoms with E-state index in [1.165, 1.54) is 42.4 Å². The monoisotopic (exact) mass is 485 g/mol. The number of halogens is 1. The summed E-state index contributed by atoms with van der Waals surface area (Å²) in [5, 5.41) is 15.2. The molecule has 0 unspecified atom stereocenters. The molecule has 8 nitrogen and oxygen atoms in total. The number of aromatic nitrogens is 6. The number of fused-ring (bicyclic) bond motifs is 2. The molecule has 1 saturated heterocycles. The molecule has 2 aliphatic rings. The second-order valence-electron chi connectivity index (χ2n) is 9.17. The van der Waals surface area contributed by atoms with Crippen LogP contribution in [-0.4, -0.2) is 59.8 Å². The summed E-state index contributed by atoms with van der Waals surface area (Å²) >= 11 is 1.76. The molecule has 1 saturated carbocycles. The Balaban J connectivity index is 0.00000228. The predicted molar refractivity (Wildman–Crippen MR) is 131 cm³/mol. The lowest BCUT2D eigenvalue weighted by molar-refractivity contribution is 0.299. The van der Waals surface area contributed by atoms with Crippen LogP contribution in [-0.2, 0) is 19.5 Å². The Hall–Kier alpha value is -2.36. The summed E-state index contributed by atoms with van der Waals surface area (Å²) in [6.07, 6.45) is 5.90. The molecule has 3 aromatic heterocycles. The number of thioether (sulfide) groups is 1. The number of likely N-dealkylation sites (tertiary alicyclic amines) is 1. The molecular weight excluding hydrogens is 458 g/mol. The first-order valence-corrected chi connectivity index (χ1v) is 12.1. The molecule has 0 amide bonds. The van der Waals surface area contributed by atoms with Gasteiger partial charge in [0.1, 0.15) is 0 Å². The Bertz CT molecular complexity index is 1300. The summed E-state index contributed by atoms with van der Waals surface area (Å²) in [5.74, 6) is 3.25. The van der Waals surface area contributed by atoms with Gasteiger partial charge in [-0.1, -0.05) is 17.8 Å². The third-order valence-corrected chi connectivity index (χ3v) is 8.28. The summed E-state index contributed by atoms with van der Waals surface area (Å²) < 4.78 is 9.41. The second kappa shape index (κ2) is 8.45. The van der Waals surface area contributed by atoms with Gasteiger partial charge in [0, 0.05) is 43.7 Å². The molecule has 33 heavy (non-hydrogen) atoms. The number of benzene rings is 1. The highest BCUT2D eigenvalue weighted by Crippen LogP contribution is 2.59. The standard InChI is InChI=1S/C23H27N7OS.ClH/c1-15-20(31-14-24-15)21-26-27-22(28(21)2)32-8-4-7-30-12-18-10-23(18,13-30)17-5-6-19-16(9-17)11-25-29(19)3;/h5-6,9,11,14,18H,4,7-8,10,12-13H2,1-3H3;1H/t18-,23+;/m0./s1. The molecule has 1 aliphatic carbocycles. The highest BCUT2D eigenvalue weighted by Gasteiger charge is 2.60. The average molecular weight is 486 g/mol. The first-order chi connectivity index (χ1) is 15.5. The van der Waals surface area contributed by atoms with Crippen LogP contribution in [0, 0.1) is 12.8 Å². The largest absolute Gasteiger partial charge is 0.440 e. The Morgan fingerprint density at radius 3 is 2.94 bits per heavy atom. The van der Waals surface area contributed by atoms with Crippen molar-refractivity contribution in [2.75, 3.05) is 25.4 Å². The lowest BCUT2D eigenvalue weighted by Crippen LogP contribution is -2.27. The van der Waals surface area contributed by atoms with Crippen molar-refractivity contribution < 1.29 is 4.42 Å². The SMILES string of the molecule is Cc1ncoc1-c1nnc(SCCCN2C[C@@H]3C[C@]3(c3ccc4c(cnn4C)c3)C2)n1C.Cl. The van der Waals surface area contributed by atoms with Crippen LogP contribution in [0.2, 0.25) is 0 Å². The maximum Gasteiger partial charge on any atom is 0.202 e. The van der Waals surface area contributed by atoms with Crippen molar-refractivity contribution in [3.63, 3.8) is 0 Å². The van der Waals surface area contributed by atoms with Crippen LogP contribution in [0.5, 0.6) is 0 Å². The number of oxazole rings is 1. The first-order valence-electron chi connectivity index (χ1n) is 11.1. The zero-order valence-electron chi connectivity index (χ0n) is 19.1. The van der Waals surface area contributed by atoms with Gasteiger partial charge in [0.05, 0.1) is 17.4 Å². The lowest BCUT2D eigenvalue weighted by Gasteiger charge is -2.21. The topological polar surface area (TPSA) is 77.8 Å². The first kappa shape index (κ1) is 22.4. The van der Waals surface area contributed by atoms with Gasteiger partial charge in [-0.3, -0.25) is 4.68 Å². The van der Waals surface area contributed by atoms with E-state index in [4.69, 9.17) is 4.42 Å². The second-order valence-corrected chi connectivity index (χ2v) is 10.2. The highest BCUT2D eigenvalue weighted by atomic mass is 35.5. The van der Waals surface area contributed by atoms with Gasteiger partial charge >= 0.3 is 0 Å². The van der Waals surface area contributed by atoms with E-state index in [0.717, 1.165) is 41.3 Å². The molecule has 4 heterocycles. The molecule has 2 atom stereocenters. The van der Waals surface area contributed by atoms with Crippen molar-refractivity contribution in [3.8, 4) is 11.6 Å². The fraction of sp³-hybridized carbons (Fsp3) is 0.478. The maximum absolute atomic E-state index is 5.47. The molecule has 1 aromatic carbocycles. The lowest BCUT2D eigenvalue weighted by atomic mass is 9.94. The van der Waals surface area contributed by atoms with Crippen LogP contribution in [0.4, 0.5) is 0 Å². The summed E-state index contributed by atoms with van der Waals surface area (Å²) in [5.41, 5.74) is 3.90. The maximum atomic E-state index is 5.47. The van der Waals surface area contributed by atoms with Gasteiger partial charge in [-0.05, 0) is 49.9 Å². The van der Waals surface area contributed by atoms with Crippen LogP contribution in [0.25, 0.3) is 22.5 Å².